The second-order valence-electron chi connectivity index (χ2n) is 4.95. The molecule has 0 bridgehead atoms. The number of carbonyl (C=O) groups is 1. The molecule has 0 saturated carbocycles. The van der Waals surface area contributed by atoms with Crippen LogP contribution in [0.3, 0.4) is 0 Å². The molecule has 0 aliphatic heterocycles. The third-order valence-electron chi connectivity index (χ3n) is 3.40. The quantitative estimate of drug-likeness (QED) is 0.754. The van der Waals surface area contributed by atoms with Crippen molar-refractivity contribution in [3.8, 4) is 0 Å². The van der Waals surface area contributed by atoms with Gasteiger partial charge in [-0.3, -0.25) is 0 Å². The maximum absolute atomic E-state index is 12.2. The monoisotopic (exact) mass is 338 g/mol. The lowest BCUT2D eigenvalue weighted by Gasteiger charge is -2.21. The number of halogens is 1. The van der Waals surface area contributed by atoms with Gasteiger partial charge in [0.2, 0.25) is 0 Å². The maximum Gasteiger partial charge on any atom is 0.315 e. The molecular weight excluding hydrogens is 320 g/mol. The average molecular weight is 339 g/mol. The highest BCUT2D eigenvalue weighted by Crippen LogP contribution is 2.25. The van der Waals surface area contributed by atoms with Gasteiger partial charge in [-0.05, 0) is 46.5 Å². The molecule has 0 aliphatic rings. The molecule has 0 spiro atoms. The fraction of sp³-hybridized carbons (Fsp3) is 0.312. The average Bonchev–Trinajstić information content (AvgIpc) is 3.05. The minimum Gasteiger partial charge on any atom is -0.394 e. The van der Waals surface area contributed by atoms with E-state index in [2.05, 4.69) is 10.6 Å². The normalized spacial score (nSPS) is 13.4. The zero-order chi connectivity index (χ0) is 15.9. The zero-order valence-electron chi connectivity index (χ0n) is 12.3. The Kier molecular flexibility index (Phi) is 6.24. The SMILES string of the molecule is CCC(CO)NC(=O)NC(c1ccc(Cl)cc1)c1ccsc1. The molecule has 2 aromatic rings. The summed E-state index contributed by atoms with van der Waals surface area (Å²) in [7, 11) is 0. The Labute approximate surface area is 139 Å². The minimum atomic E-state index is -0.299. The smallest absolute Gasteiger partial charge is 0.315 e. The zero-order valence-corrected chi connectivity index (χ0v) is 13.8. The van der Waals surface area contributed by atoms with Gasteiger partial charge >= 0.3 is 6.03 Å². The number of thiophene rings is 1. The first-order valence-corrected chi connectivity index (χ1v) is 8.41. The van der Waals surface area contributed by atoms with Gasteiger partial charge in [0.05, 0.1) is 18.7 Å². The van der Waals surface area contributed by atoms with Crippen LogP contribution in [0.5, 0.6) is 0 Å². The summed E-state index contributed by atoms with van der Waals surface area (Å²) in [6, 6.07) is 8.59. The molecule has 22 heavy (non-hydrogen) atoms. The van der Waals surface area contributed by atoms with Gasteiger partial charge in [-0.25, -0.2) is 4.79 Å². The third kappa shape index (κ3) is 4.47. The van der Waals surface area contributed by atoms with Crippen LogP contribution in [0.4, 0.5) is 4.79 Å². The van der Waals surface area contributed by atoms with E-state index < -0.39 is 0 Å². The molecule has 4 nitrogen and oxygen atoms in total. The molecule has 1 heterocycles. The second kappa shape index (κ2) is 8.17. The lowest BCUT2D eigenvalue weighted by atomic mass is 10.0. The third-order valence-corrected chi connectivity index (χ3v) is 4.36. The van der Waals surface area contributed by atoms with Gasteiger partial charge in [-0.1, -0.05) is 30.7 Å². The van der Waals surface area contributed by atoms with Crippen molar-refractivity contribution in [2.45, 2.75) is 25.4 Å². The summed E-state index contributed by atoms with van der Waals surface area (Å²) in [6.07, 6.45) is 0.675. The van der Waals surface area contributed by atoms with Crippen LogP contribution in [0, 0.1) is 0 Å². The first-order chi connectivity index (χ1) is 10.6. The molecule has 0 aliphatic carbocycles. The fourth-order valence-electron chi connectivity index (χ4n) is 2.09. The molecule has 0 saturated heterocycles. The molecule has 1 aromatic carbocycles. The molecule has 2 amide bonds. The topological polar surface area (TPSA) is 61.4 Å². The Morgan fingerprint density at radius 1 is 1.23 bits per heavy atom. The number of rotatable bonds is 6. The van der Waals surface area contributed by atoms with Crippen molar-refractivity contribution in [1.82, 2.24) is 10.6 Å². The van der Waals surface area contributed by atoms with Crippen LogP contribution in [-0.2, 0) is 0 Å². The molecule has 1 aromatic heterocycles. The summed E-state index contributed by atoms with van der Waals surface area (Å²) in [6.45, 7) is 1.84. The number of hydrogen-bond acceptors (Lipinski definition) is 3. The Morgan fingerprint density at radius 3 is 2.50 bits per heavy atom. The molecule has 6 heteroatoms. The van der Waals surface area contributed by atoms with Gasteiger partial charge in [-0.2, -0.15) is 11.3 Å². The van der Waals surface area contributed by atoms with Crippen LogP contribution in [0.1, 0.15) is 30.5 Å². The van der Waals surface area contributed by atoms with Crippen molar-refractivity contribution in [2.75, 3.05) is 6.61 Å². The van der Waals surface area contributed by atoms with Crippen molar-refractivity contribution in [3.63, 3.8) is 0 Å². The maximum atomic E-state index is 12.2. The predicted octanol–water partition coefficient (Wildman–Crippen LogP) is 3.56. The first kappa shape index (κ1) is 16.8. The van der Waals surface area contributed by atoms with Gasteiger partial charge in [0.25, 0.3) is 0 Å². The van der Waals surface area contributed by atoms with E-state index >= 15 is 0 Å². The van der Waals surface area contributed by atoms with Gasteiger partial charge in [0.15, 0.2) is 0 Å². The highest BCUT2D eigenvalue weighted by molar-refractivity contribution is 7.08. The van der Waals surface area contributed by atoms with E-state index in [0.29, 0.717) is 11.4 Å². The lowest BCUT2D eigenvalue weighted by Crippen LogP contribution is -2.44. The van der Waals surface area contributed by atoms with Crippen molar-refractivity contribution in [1.29, 1.82) is 0 Å². The summed E-state index contributed by atoms with van der Waals surface area (Å²) >= 11 is 7.51. The van der Waals surface area contributed by atoms with E-state index in [1.165, 1.54) is 0 Å². The largest absolute Gasteiger partial charge is 0.394 e. The molecule has 2 rings (SSSR count). The molecule has 3 N–H and O–H groups in total. The summed E-state index contributed by atoms with van der Waals surface area (Å²) in [5.74, 6) is 0. The van der Waals surface area contributed by atoms with Gasteiger partial charge in [0.1, 0.15) is 0 Å². The van der Waals surface area contributed by atoms with E-state index in [4.69, 9.17) is 11.6 Å². The number of urea groups is 1. The number of aliphatic hydroxyl groups excluding tert-OH is 1. The van der Waals surface area contributed by atoms with Gasteiger partial charge < -0.3 is 15.7 Å². The van der Waals surface area contributed by atoms with Crippen LogP contribution in [-0.4, -0.2) is 23.8 Å². The van der Waals surface area contributed by atoms with Crippen LogP contribution >= 0.6 is 22.9 Å². The van der Waals surface area contributed by atoms with E-state index in [9.17, 15) is 9.90 Å². The van der Waals surface area contributed by atoms with Crippen LogP contribution in [0.2, 0.25) is 5.02 Å². The van der Waals surface area contributed by atoms with Crippen LogP contribution < -0.4 is 10.6 Å². The van der Waals surface area contributed by atoms with Gasteiger partial charge in [0, 0.05) is 5.02 Å². The summed E-state index contributed by atoms with van der Waals surface area (Å²) in [5.41, 5.74) is 1.97. The Bertz CT molecular complexity index is 583. The van der Waals surface area contributed by atoms with E-state index in [-0.39, 0.29) is 24.7 Å². The van der Waals surface area contributed by atoms with E-state index in [0.717, 1.165) is 11.1 Å². The standard InChI is InChI=1S/C16H19ClN2O2S/c1-2-14(9-20)18-16(21)19-15(12-7-8-22-10-12)11-3-5-13(17)6-4-11/h3-8,10,14-15,20H,2,9H2,1H3,(H2,18,19,21). The number of nitrogens with one attached hydrogen (secondary N) is 2. The van der Waals surface area contributed by atoms with Crippen molar-refractivity contribution in [2.24, 2.45) is 0 Å². The molecule has 0 fully saturated rings. The molecule has 2 unspecified atom stereocenters. The highest BCUT2D eigenvalue weighted by atomic mass is 35.5. The summed E-state index contributed by atoms with van der Waals surface area (Å²) < 4.78 is 0. The Morgan fingerprint density at radius 2 is 1.95 bits per heavy atom. The number of hydrogen-bond donors (Lipinski definition) is 3. The number of aliphatic hydroxyl groups is 1. The first-order valence-electron chi connectivity index (χ1n) is 7.09. The number of carbonyl (C=O) groups excluding carboxylic acids is 1. The van der Waals surface area contributed by atoms with Crippen molar-refractivity contribution < 1.29 is 9.90 Å². The molecule has 2 atom stereocenters. The van der Waals surface area contributed by atoms with Gasteiger partial charge in [-0.15, -0.1) is 0 Å². The highest BCUT2D eigenvalue weighted by Gasteiger charge is 2.18. The Balaban J connectivity index is 2.15. The summed E-state index contributed by atoms with van der Waals surface area (Å²) in [4.78, 5) is 12.2. The van der Waals surface area contributed by atoms with E-state index in [1.807, 2.05) is 35.9 Å². The van der Waals surface area contributed by atoms with Crippen molar-refractivity contribution in [3.05, 3.63) is 57.2 Å². The van der Waals surface area contributed by atoms with Crippen molar-refractivity contribution >= 4 is 29.0 Å². The minimum absolute atomic E-state index is 0.0754. The van der Waals surface area contributed by atoms with E-state index in [1.54, 1.807) is 23.5 Å². The predicted molar refractivity (Wildman–Crippen MR) is 90.4 cm³/mol. The lowest BCUT2D eigenvalue weighted by molar-refractivity contribution is 0.213. The number of amides is 2. The second-order valence-corrected chi connectivity index (χ2v) is 6.16. The Hall–Kier alpha value is -1.56. The summed E-state index contributed by atoms with van der Waals surface area (Å²) in [5, 5.41) is 19.5. The molecule has 118 valence electrons. The molecule has 0 radical (unpaired) electrons. The fourth-order valence-corrected chi connectivity index (χ4v) is 2.90. The van der Waals surface area contributed by atoms with Crippen LogP contribution in [0.15, 0.2) is 41.1 Å². The molecular formula is C16H19ClN2O2S. The number of benzene rings is 1. The van der Waals surface area contributed by atoms with Crippen LogP contribution in [0.25, 0.3) is 0 Å².